The van der Waals surface area contributed by atoms with Gasteiger partial charge in [0.15, 0.2) is 0 Å². The minimum absolute atomic E-state index is 0.831. The Morgan fingerprint density at radius 3 is 1.38 bits per heavy atom. The van der Waals surface area contributed by atoms with Crippen LogP contribution in [0.4, 0.5) is 17.1 Å². The van der Waals surface area contributed by atoms with Gasteiger partial charge in [-0.05, 0) is 143 Å². The summed E-state index contributed by atoms with van der Waals surface area (Å²) in [5, 5.41) is 14.6. The van der Waals surface area contributed by atoms with Crippen LogP contribution in [0.15, 0.2) is 249 Å². The minimum atomic E-state index is 0.831. The summed E-state index contributed by atoms with van der Waals surface area (Å²) in [6, 6.07) is 91.1. The topological polar surface area (TPSA) is 12.5 Å². The number of ether oxygens (including phenoxy) is 1. The van der Waals surface area contributed by atoms with Crippen molar-refractivity contribution in [2.45, 2.75) is 0 Å². The number of anilines is 3. The van der Waals surface area contributed by atoms with Crippen LogP contribution in [0, 0.1) is 0 Å². The number of hydrogen-bond acceptors (Lipinski definition) is 3. The molecule has 2 heterocycles. The van der Waals surface area contributed by atoms with E-state index in [2.05, 4.69) is 248 Å². The second kappa shape index (κ2) is 16.0. The summed E-state index contributed by atoms with van der Waals surface area (Å²) < 4.78 is 9.36. The van der Waals surface area contributed by atoms with E-state index in [0.29, 0.717) is 0 Å². The molecule has 1 aliphatic heterocycles. The highest BCUT2D eigenvalue weighted by Gasteiger charge is 2.23. The van der Waals surface area contributed by atoms with Crippen LogP contribution in [0.2, 0.25) is 0 Å². The molecule has 14 rings (SSSR count). The molecule has 3 heteroatoms. The lowest BCUT2D eigenvalue weighted by molar-refractivity contribution is 0.488. The molecule has 0 N–H and O–H groups in total. The van der Waals surface area contributed by atoms with Crippen LogP contribution in [-0.2, 0) is 0 Å². The molecule has 0 saturated carbocycles. The molecule has 0 fully saturated rings. The van der Waals surface area contributed by atoms with Crippen molar-refractivity contribution >= 4 is 102 Å². The van der Waals surface area contributed by atoms with Gasteiger partial charge in [-0.2, -0.15) is 0 Å². The van der Waals surface area contributed by atoms with Crippen LogP contribution in [0.5, 0.6) is 11.5 Å². The largest absolute Gasteiger partial charge is 0.456 e. The lowest BCUT2D eigenvalue weighted by atomic mass is 9.93. The molecular weight excluding hydrogens is 855 g/mol. The van der Waals surface area contributed by atoms with Crippen molar-refractivity contribution in [3.8, 4) is 44.9 Å². The zero-order chi connectivity index (χ0) is 45.4. The van der Waals surface area contributed by atoms with Gasteiger partial charge in [-0.1, -0.05) is 182 Å². The summed E-state index contributed by atoms with van der Waals surface area (Å²) in [4.78, 5) is 2.42. The van der Waals surface area contributed by atoms with Gasteiger partial charge in [0.05, 0.1) is 0 Å². The fourth-order valence-corrected chi connectivity index (χ4v) is 12.0. The first-order valence-electron chi connectivity index (χ1n) is 23.6. The van der Waals surface area contributed by atoms with E-state index < -0.39 is 0 Å². The first-order valence-corrected chi connectivity index (χ1v) is 24.4. The Labute approximate surface area is 403 Å². The lowest BCUT2D eigenvalue weighted by Gasteiger charge is -2.27. The highest BCUT2D eigenvalue weighted by molar-refractivity contribution is 7.25. The highest BCUT2D eigenvalue weighted by Crippen LogP contribution is 2.50. The normalized spacial score (nSPS) is 11.9. The van der Waals surface area contributed by atoms with Crippen LogP contribution in [0.25, 0.3) is 107 Å². The van der Waals surface area contributed by atoms with E-state index in [1.54, 1.807) is 0 Å². The number of fused-ring (bicyclic) bond motifs is 18. The second-order valence-electron chi connectivity index (χ2n) is 17.9. The molecule has 69 heavy (non-hydrogen) atoms. The lowest BCUT2D eigenvalue weighted by Crippen LogP contribution is -2.10. The Morgan fingerprint density at radius 2 is 0.696 bits per heavy atom. The molecule has 0 amide bonds. The third-order valence-corrected chi connectivity index (χ3v) is 15.2. The summed E-state index contributed by atoms with van der Waals surface area (Å²) in [7, 11) is 0. The Morgan fingerprint density at radius 1 is 0.246 bits per heavy atom. The van der Waals surface area contributed by atoms with Gasteiger partial charge in [0.1, 0.15) is 11.5 Å². The number of benzene rings is 11. The Hall–Kier alpha value is -8.76. The maximum absolute atomic E-state index is 6.79. The van der Waals surface area contributed by atoms with E-state index in [4.69, 9.17) is 4.74 Å². The molecule has 2 nitrogen and oxygen atoms in total. The van der Waals surface area contributed by atoms with Crippen molar-refractivity contribution in [2.75, 3.05) is 4.90 Å². The first-order chi connectivity index (χ1) is 34.2. The molecule has 1 aromatic heterocycles. The second-order valence-corrected chi connectivity index (χ2v) is 19.0. The van der Waals surface area contributed by atoms with Crippen LogP contribution in [0.3, 0.4) is 0 Å². The van der Waals surface area contributed by atoms with Gasteiger partial charge < -0.3 is 9.64 Å². The molecule has 0 saturated heterocycles. The molecule has 0 bridgehead atoms. The molecule has 0 atom stereocenters. The number of hydrogen-bond donors (Lipinski definition) is 0. The van der Waals surface area contributed by atoms with Crippen molar-refractivity contribution in [3.63, 3.8) is 0 Å². The summed E-state index contributed by atoms with van der Waals surface area (Å²) in [6.07, 6.45) is 0. The third-order valence-electron chi connectivity index (χ3n) is 14.1. The maximum Gasteiger partial charge on any atom is 0.135 e. The van der Waals surface area contributed by atoms with Crippen molar-refractivity contribution in [1.29, 1.82) is 0 Å². The fraction of sp³-hybridized carbons (Fsp3) is 0. The van der Waals surface area contributed by atoms with Gasteiger partial charge in [0, 0.05) is 48.4 Å². The first kappa shape index (κ1) is 39.4. The van der Waals surface area contributed by atoms with Gasteiger partial charge >= 0.3 is 0 Å². The van der Waals surface area contributed by atoms with Crippen LogP contribution in [-0.4, -0.2) is 0 Å². The minimum Gasteiger partial charge on any atom is -0.456 e. The average Bonchev–Trinajstić information content (AvgIpc) is 3.72. The maximum atomic E-state index is 6.79. The van der Waals surface area contributed by atoms with E-state index in [1.807, 2.05) is 17.4 Å². The van der Waals surface area contributed by atoms with Crippen LogP contribution < -0.4 is 9.64 Å². The zero-order valence-electron chi connectivity index (χ0n) is 37.4. The smallest absolute Gasteiger partial charge is 0.135 e. The molecular formula is C66H41NOS. The van der Waals surface area contributed by atoms with Gasteiger partial charge in [-0.15, -0.1) is 11.3 Å². The highest BCUT2D eigenvalue weighted by atomic mass is 32.1. The SMILES string of the molecule is c1ccc(-c2ccc(N(c3ccc4c(c3)-c3ccccc3-c3ccccc3O4)c3ccc4c5ccccc5c5ccccc5c5ccccc5c5cc6sc7ccccc7c6cc5c4c3)cc2)cc1. The molecule has 0 spiro atoms. The molecule has 0 radical (unpaired) electrons. The van der Waals surface area contributed by atoms with E-state index in [9.17, 15) is 0 Å². The number of thiophene rings is 1. The van der Waals surface area contributed by atoms with Gasteiger partial charge in [0.25, 0.3) is 0 Å². The molecule has 13 aromatic rings. The predicted molar refractivity (Wildman–Crippen MR) is 296 cm³/mol. The third kappa shape index (κ3) is 6.47. The molecule has 12 aromatic carbocycles. The van der Waals surface area contributed by atoms with E-state index in [1.165, 1.54) is 85.2 Å². The predicted octanol–water partition coefficient (Wildman–Crippen LogP) is 19.5. The van der Waals surface area contributed by atoms with Crippen LogP contribution >= 0.6 is 11.3 Å². The molecule has 322 valence electrons. The average molecular weight is 896 g/mol. The van der Waals surface area contributed by atoms with E-state index in [-0.39, 0.29) is 0 Å². The van der Waals surface area contributed by atoms with Gasteiger partial charge in [-0.3, -0.25) is 0 Å². The standard InChI is InChI=1S/C66H41NOS/c1-2-16-42(17-3-1)43-30-32-44(33-31-43)67(46-35-37-64-61(39-46)54-25-11-9-23-52(54)56-26-12-14-28-63(56)68-64)45-34-36-55-51-22-7-6-20-49(51)47-18-4-5-19-48(47)50-21-8-10-24-53(50)60-41-66-62(40-59(60)58(55)38-45)57-27-13-15-29-65(57)69-66/h1-41H. The van der Waals surface area contributed by atoms with E-state index in [0.717, 1.165) is 50.8 Å². The van der Waals surface area contributed by atoms with Crippen molar-refractivity contribution < 1.29 is 4.74 Å². The van der Waals surface area contributed by atoms with Gasteiger partial charge in [0.2, 0.25) is 0 Å². The van der Waals surface area contributed by atoms with Gasteiger partial charge in [-0.25, -0.2) is 0 Å². The molecule has 0 unspecified atom stereocenters. The number of rotatable bonds is 4. The fourth-order valence-electron chi connectivity index (χ4n) is 10.9. The zero-order valence-corrected chi connectivity index (χ0v) is 38.3. The summed E-state index contributed by atoms with van der Waals surface area (Å²) in [5.74, 6) is 1.69. The quantitative estimate of drug-likeness (QED) is 0.175. The van der Waals surface area contributed by atoms with Crippen molar-refractivity contribution in [2.24, 2.45) is 0 Å². The summed E-state index contributed by atoms with van der Waals surface area (Å²) in [5.41, 5.74) is 9.92. The molecule has 0 aliphatic carbocycles. The Kier molecular flexibility index (Phi) is 9.11. The Bertz CT molecular complexity index is 4280. The van der Waals surface area contributed by atoms with Crippen LogP contribution in [0.1, 0.15) is 0 Å². The number of nitrogens with zero attached hydrogens (tertiary/aromatic N) is 1. The monoisotopic (exact) mass is 895 g/mol. The Balaban J connectivity index is 1.11. The van der Waals surface area contributed by atoms with Crippen molar-refractivity contribution in [1.82, 2.24) is 0 Å². The van der Waals surface area contributed by atoms with E-state index >= 15 is 0 Å². The van der Waals surface area contributed by atoms with Crippen molar-refractivity contribution in [3.05, 3.63) is 249 Å². The molecule has 1 aliphatic rings. The summed E-state index contributed by atoms with van der Waals surface area (Å²) in [6.45, 7) is 0. The number of para-hydroxylation sites is 1. The summed E-state index contributed by atoms with van der Waals surface area (Å²) >= 11 is 1.87.